The molecule has 1 N–H and O–H groups in total. The van der Waals surface area contributed by atoms with E-state index in [1.807, 2.05) is 47.6 Å². The zero-order chi connectivity index (χ0) is 26.8. The van der Waals surface area contributed by atoms with Gasteiger partial charge in [0.25, 0.3) is 0 Å². The number of carboxylic acids is 1. The van der Waals surface area contributed by atoms with E-state index in [1.165, 1.54) is 6.20 Å². The largest absolute Gasteiger partial charge is 0.481 e. The van der Waals surface area contributed by atoms with Crippen molar-refractivity contribution in [1.29, 1.82) is 0 Å². The third-order valence-electron chi connectivity index (χ3n) is 8.96. The van der Waals surface area contributed by atoms with Crippen LogP contribution in [-0.4, -0.2) is 38.0 Å². The van der Waals surface area contributed by atoms with Crippen LogP contribution in [0.4, 0.5) is 13.2 Å². The number of carbonyl (C=O) groups excluding carboxylic acids is 1. The highest BCUT2D eigenvalue weighted by atomic mass is 32.1. The maximum absolute atomic E-state index is 13.5. The van der Waals surface area contributed by atoms with Gasteiger partial charge in [0.15, 0.2) is 5.01 Å². The maximum atomic E-state index is 13.5. The van der Waals surface area contributed by atoms with Crippen LogP contribution in [-0.2, 0) is 35.3 Å². The Balaban J connectivity index is 1.41. The lowest BCUT2D eigenvalue weighted by Gasteiger charge is -2.39. The normalized spacial score (nSPS) is 23.4. The van der Waals surface area contributed by atoms with E-state index in [-0.39, 0.29) is 24.8 Å². The van der Waals surface area contributed by atoms with Gasteiger partial charge >= 0.3 is 12.1 Å². The van der Waals surface area contributed by atoms with Crippen molar-refractivity contribution in [2.24, 2.45) is 16.7 Å². The van der Waals surface area contributed by atoms with Crippen LogP contribution < -0.4 is 0 Å². The number of rotatable bonds is 5. The van der Waals surface area contributed by atoms with Crippen molar-refractivity contribution in [3.8, 4) is 0 Å². The van der Waals surface area contributed by atoms with Crippen molar-refractivity contribution in [2.75, 3.05) is 6.54 Å². The standard InChI is InChI=1S/C27H30F3N3O3S/c1-25(2)16(8-10-26(25,3)24(35)36)12-22(34)32-11-9-19-18-6-4-5-7-20(18)33(21(19)15-32)14-17-13-31-23(37-17)27(28,29)30/h4-7,13,16H,8-12,14-15H2,1-3H3,(H,35,36)/t16-,26+/m1/s1. The Hall–Kier alpha value is -2.88. The fourth-order valence-electron chi connectivity index (χ4n) is 6.13. The molecule has 3 heterocycles. The van der Waals surface area contributed by atoms with Gasteiger partial charge in [-0.1, -0.05) is 32.0 Å². The van der Waals surface area contributed by atoms with E-state index in [0.717, 1.165) is 22.2 Å². The summed E-state index contributed by atoms with van der Waals surface area (Å²) >= 11 is 0.642. The summed E-state index contributed by atoms with van der Waals surface area (Å²) in [6.45, 7) is 6.84. The summed E-state index contributed by atoms with van der Waals surface area (Å²) in [4.78, 5) is 31.3. The molecule has 1 saturated carbocycles. The molecule has 3 aromatic rings. The number of alkyl halides is 3. The van der Waals surface area contributed by atoms with Crippen LogP contribution in [0.5, 0.6) is 0 Å². The average Bonchev–Trinajstić information content (AvgIpc) is 3.50. The van der Waals surface area contributed by atoms with Crippen molar-refractivity contribution in [2.45, 2.75) is 65.7 Å². The molecule has 1 aliphatic heterocycles. The molecule has 0 unspecified atom stereocenters. The third kappa shape index (κ3) is 4.23. The van der Waals surface area contributed by atoms with E-state index in [1.54, 1.807) is 6.92 Å². The van der Waals surface area contributed by atoms with E-state index in [9.17, 15) is 27.9 Å². The molecule has 6 nitrogen and oxygen atoms in total. The van der Waals surface area contributed by atoms with Crippen LogP contribution in [0.25, 0.3) is 10.9 Å². The van der Waals surface area contributed by atoms with Crippen LogP contribution in [0.15, 0.2) is 30.5 Å². The summed E-state index contributed by atoms with van der Waals surface area (Å²) in [7, 11) is 0. The molecule has 2 aromatic heterocycles. The molecule has 2 atom stereocenters. The van der Waals surface area contributed by atoms with E-state index < -0.39 is 28.0 Å². The summed E-state index contributed by atoms with van der Waals surface area (Å²) < 4.78 is 41.4. The van der Waals surface area contributed by atoms with E-state index in [4.69, 9.17) is 0 Å². The molecule has 0 radical (unpaired) electrons. The molecule has 10 heteroatoms. The SMILES string of the molecule is CC1(C)[C@@H](CC(=O)N2CCc3c(n(Cc4cnc(C(F)(F)F)s4)c4ccccc34)C2)CC[C@@]1(C)C(=O)O. The van der Waals surface area contributed by atoms with Crippen molar-refractivity contribution in [1.82, 2.24) is 14.5 Å². The molecule has 1 amide bonds. The topological polar surface area (TPSA) is 75.4 Å². The van der Waals surface area contributed by atoms with Crippen LogP contribution in [0.1, 0.15) is 61.2 Å². The van der Waals surface area contributed by atoms with Crippen LogP contribution in [0.3, 0.4) is 0 Å². The second-order valence-corrected chi connectivity index (χ2v) is 12.1. The number of nitrogens with zero attached hydrogens (tertiary/aromatic N) is 3. The van der Waals surface area contributed by atoms with Gasteiger partial charge < -0.3 is 14.6 Å². The average molecular weight is 534 g/mol. The number of benzene rings is 1. The minimum atomic E-state index is -4.48. The minimum absolute atomic E-state index is 0.00711. The van der Waals surface area contributed by atoms with E-state index in [0.29, 0.717) is 48.6 Å². The van der Waals surface area contributed by atoms with Gasteiger partial charge in [0.2, 0.25) is 5.91 Å². The first-order chi connectivity index (χ1) is 17.3. The Kier molecular flexibility index (Phi) is 6.16. The van der Waals surface area contributed by atoms with Gasteiger partial charge in [-0.3, -0.25) is 9.59 Å². The monoisotopic (exact) mass is 533 g/mol. The summed E-state index contributed by atoms with van der Waals surface area (Å²) in [5, 5.41) is 10.0. The third-order valence-corrected chi connectivity index (χ3v) is 9.98. The number of fused-ring (bicyclic) bond motifs is 3. The highest BCUT2D eigenvalue weighted by Gasteiger charge is 2.56. The first-order valence-corrected chi connectivity index (χ1v) is 13.3. The minimum Gasteiger partial charge on any atom is -0.481 e. The highest BCUT2D eigenvalue weighted by Crippen LogP contribution is 2.57. The number of carboxylic acid groups (broad SMARTS) is 1. The summed E-state index contributed by atoms with van der Waals surface area (Å²) in [5.74, 6) is -0.866. The van der Waals surface area contributed by atoms with Crippen LogP contribution in [0, 0.1) is 16.7 Å². The molecule has 37 heavy (non-hydrogen) atoms. The molecule has 0 saturated heterocycles. The first-order valence-electron chi connectivity index (χ1n) is 12.4. The summed E-state index contributed by atoms with van der Waals surface area (Å²) in [5.41, 5.74) is 1.59. The van der Waals surface area contributed by atoms with Gasteiger partial charge in [0, 0.05) is 40.6 Å². The number of hydrogen-bond acceptors (Lipinski definition) is 4. The molecule has 2 aliphatic rings. The fourth-order valence-corrected chi connectivity index (χ4v) is 6.90. The predicted molar refractivity (Wildman–Crippen MR) is 134 cm³/mol. The Morgan fingerprint density at radius 2 is 1.95 bits per heavy atom. The highest BCUT2D eigenvalue weighted by molar-refractivity contribution is 7.11. The van der Waals surface area contributed by atoms with E-state index >= 15 is 0 Å². The van der Waals surface area contributed by atoms with Crippen molar-refractivity contribution in [3.63, 3.8) is 0 Å². The second-order valence-electron chi connectivity index (χ2n) is 11.0. The zero-order valence-corrected chi connectivity index (χ0v) is 21.9. The predicted octanol–water partition coefficient (Wildman–Crippen LogP) is 5.97. The lowest BCUT2D eigenvalue weighted by molar-refractivity contribution is -0.155. The molecule has 5 rings (SSSR count). The van der Waals surface area contributed by atoms with Crippen LogP contribution >= 0.6 is 11.3 Å². The Morgan fingerprint density at radius 3 is 2.59 bits per heavy atom. The van der Waals surface area contributed by atoms with Crippen LogP contribution in [0.2, 0.25) is 0 Å². The second kappa shape index (κ2) is 8.85. The number of thiazole rings is 1. The number of hydrogen-bond donors (Lipinski definition) is 1. The summed E-state index contributed by atoms with van der Waals surface area (Å²) in [6.07, 6.45) is -1.02. The van der Waals surface area contributed by atoms with E-state index in [2.05, 4.69) is 4.98 Å². The smallest absolute Gasteiger partial charge is 0.443 e. The molecule has 1 aromatic carbocycles. The number of aliphatic carboxylic acids is 1. The van der Waals surface area contributed by atoms with Gasteiger partial charge in [-0.25, -0.2) is 4.98 Å². The van der Waals surface area contributed by atoms with Crippen molar-refractivity contribution < 1.29 is 27.9 Å². The number of para-hydroxylation sites is 1. The zero-order valence-electron chi connectivity index (χ0n) is 21.1. The lowest BCUT2D eigenvalue weighted by atomic mass is 9.65. The van der Waals surface area contributed by atoms with Gasteiger partial charge in [0.1, 0.15) is 0 Å². The fraction of sp³-hybridized carbons (Fsp3) is 0.519. The number of carbonyl (C=O) groups is 2. The van der Waals surface area contributed by atoms with Crippen molar-refractivity contribution in [3.05, 3.63) is 51.6 Å². The molecule has 0 bridgehead atoms. The van der Waals surface area contributed by atoms with Gasteiger partial charge in [0.05, 0.1) is 18.5 Å². The van der Waals surface area contributed by atoms with Gasteiger partial charge in [-0.15, -0.1) is 11.3 Å². The Morgan fingerprint density at radius 1 is 1.22 bits per heavy atom. The number of amides is 1. The maximum Gasteiger partial charge on any atom is 0.443 e. The molecular formula is C27H30F3N3O3S. The summed E-state index contributed by atoms with van der Waals surface area (Å²) in [6, 6.07) is 7.83. The quantitative estimate of drug-likeness (QED) is 0.439. The number of halogens is 3. The van der Waals surface area contributed by atoms with Gasteiger partial charge in [-0.05, 0) is 49.1 Å². The molecular weight excluding hydrogens is 503 g/mol. The molecule has 198 valence electrons. The first kappa shape index (κ1) is 25.8. The Labute approximate surface area is 217 Å². The lowest BCUT2D eigenvalue weighted by Crippen LogP contribution is -2.43. The molecule has 1 aliphatic carbocycles. The van der Waals surface area contributed by atoms with Gasteiger partial charge in [-0.2, -0.15) is 13.2 Å². The molecule has 1 fully saturated rings. The van der Waals surface area contributed by atoms with Crippen molar-refractivity contribution >= 4 is 34.1 Å². The Bertz CT molecular complexity index is 1380. The number of aromatic nitrogens is 2. The molecule has 0 spiro atoms.